The maximum atomic E-state index is 12.0. The van der Waals surface area contributed by atoms with Gasteiger partial charge in [0.25, 0.3) is 5.91 Å². The first-order valence-corrected chi connectivity index (χ1v) is 6.36. The third-order valence-electron chi connectivity index (χ3n) is 3.17. The second-order valence-electron chi connectivity index (χ2n) is 4.75. The van der Waals surface area contributed by atoms with E-state index in [1.54, 1.807) is 0 Å². The number of hydrogen-bond donors (Lipinski definition) is 1. The van der Waals surface area contributed by atoms with Crippen LogP contribution in [0.2, 0.25) is 0 Å². The normalized spacial score (nSPS) is 19.7. The summed E-state index contributed by atoms with van der Waals surface area (Å²) in [6.45, 7) is 6.66. The Labute approximate surface area is 108 Å². The number of amides is 1. The Morgan fingerprint density at radius 1 is 1.56 bits per heavy atom. The van der Waals surface area contributed by atoms with Crippen molar-refractivity contribution in [3.8, 4) is 5.75 Å². The van der Waals surface area contributed by atoms with E-state index in [2.05, 4.69) is 12.2 Å². The van der Waals surface area contributed by atoms with Gasteiger partial charge in [0.1, 0.15) is 5.75 Å². The second kappa shape index (κ2) is 5.87. The smallest absolute Gasteiger partial charge is 0.260 e. The largest absolute Gasteiger partial charge is 0.484 e. The highest BCUT2D eigenvalue weighted by Crippen LogP contribution is 2.12. The molecule has 0 unspecified atom stereocenters. The van der Waals surface area contributed by atoms with Crippen LogP contribution in [0.4, 0.5) is 0 Å². The van der Waals surface area contributed by atoms with Crippen LogP contribution in [-0.2, 0) is 4.79 Å². The number of aryl methyl sites for hydroxylation is 1. The van der Waals surface area contributed by atoms with Gasteiger partial charge >= 0.3 is 0 Å². The fourth-order valence-corrected chi connectivity index (χ4v) is 2.14. The van der Waals surface area contributed by atoms with Crippen LogP contribution in [0.3, 0.4) is 0 Å². The molecule has 0 bridgehead atoms. The summed E-state index contributed by atoms with van der Waals surface area (Å²) < 4.78 is 5.54. The molecule has 18 heavy (non-hydrogen) atoms. The molecule has 1 saturated heterocycles. The zero-order chi connectivity index (χ0) is 13.0. The minimum atomic E-state index is 0.0607. The highest BCUT2D eigenvalue weighted by atomic mass is 16.5. The zero-order valence-electron chi connectivity index (χ0n) is 11.0. The number of ether oxygens (including phenoxy) is 1. The molecule has 1 aromatic rings. The van der Waals surface area contributed by atoms with Crippen LogP contribution in [0.25, 0.3) is 0 Å². The van der Waals surface area contributed by atoms with E-state index in [1.165, 1.54) is 0 Å². The summed E-state index contributed by atoms with van der Waals surface area (Å²) in [6.07, 6.45) is 0. The lowest BCUT2D eigenvalue weighted by molar-refractivity contribution is -0.136. The highest BCUT2D eigenvalue weighted by Gasteiger charge is 2.22. The molecule has 0 aliphatic carbocycles. The van der Waals surface area contributed by atoms with E-state index in [0.717, 1.165) is 30.9 Å². The van der Waals surface area contributed by atoms with Crippen molar-refractivity contribution < 1.29 is 9.53 Å². The number of rotatable bonds is 3. The summed E-state index contributed by atoms with van der Waals surface area (Å²) in [6, 6.07) is 8.00. The van der Waals surface area contributed by atoms with E-state index in [1.807, 2.05) is 36.1 Å². The van der Waals surface area contributed by atoms with Crippen molar-refractivity contribution in [2.75, 3.05) is 26.2 Å². The third kappa shape index (κ3) is 3.23. The minimum Gasteiger partial charge on any atom is -0.484 e. The molecule has 1 aliphatic rings. The van der Waals surface area contributed by atoms with Gasteiger partial charge in [0.05, 0.1) is 0 Å². The van der Waals surface area contributed by atoms with Crippen molar-refractivity contribution >= 4 is 5.91 Å². The van der Waals surface area contributed by atoms with E-state index in [0.29, 0.717) is 0 Å². The lowest BCUT2D eigenvalue weighted by Gasteiger charge is -2.33. The second-order valence-corrected chi connectivity index (χ2v) is 4.75. The quantitative estimate of drug-likeness (QED) is 0.873. The van der Waals surface area contributed by atoms with Gasteiger partial charge < -0.3 is 15.0 Å². The Morgan fingerprint density at radius 2 is 2.39 bits per heavy atom. The number of benzene rings is 1. The molecule has 0 spiro atoms. The molecule has 1 heterocycles. The monoisotopic (exact) mass is 248 g/mol. The van der Waals surface area contributed by atoms with Crippen molar-refractivity contribution in [3.63, 3.8) is 0 Å². The average molecular weight is 248 g/mol. The number of carbonyl (C=O) groups excluding carboxylic acids is 1. The maximum absolute atomic E-state index is 12.0. The van der Waals surface area contributed by atoms with Gasteiger partial charge in [0.2, 0.25) is 0 Å². The molecule has 1 N–H and O–H groups in total. The van der Waals surface area contributed by atoms with E-state index in [4.69, 9.17) is 4.74 Å². The summed E-state index contributed by atoms with van der Waals surface area (Å²) in [5.74, 6) is 0.816. The first-order chi connectivity index (χ1) is 8.66. The zero-order valence-corrected chi connectivity index (χ0v) is 11.0. The van der Waals surface area contributed by atoms with E-state index in [9.17, 15) is 4.79 Å². The Bertz CT molecular complexity index is 420. The Kier molecular flexibility index (Phi) is 4.20. The van der Waals surface area contributed by atoms with E-state index >= 15 is 0 Å². The number of nitrogens with zero attached hydrogens (tertiary/aromatic N) is 1. The summed E-state index contributed by atoms with van der Waals surface area (Å²) in [7, 11) is 0. The molecule has 1 aromatic carbocycles. The molecule has 1 amide bonds. The molecule has 1 atom stereocenters. The van der Waals surface area contributed by atoms with Gasteiger partial charge in [-0.15, -0.1) is 0 Å². The molecule has 1 fully saturated rings. The van der Waals surface area contributed by atoms with Crippen LogP contribution in [0.5, 0.6) is 5.75 Å². The first kappa shape index (κ1) is 12.9. The third-order valence-corrected chi connectivity index (χ3v) is 3.17. The highest BCUT2D eigenvalue weighted by molar-refractivity contribution is 5.78. The van der Waals surface area contributed by atoms with E-state index in [-0.39, 0.29) is 18.6 Å². The predicted molar refractivity (Wildman–Crippen MR) is 70.7 cm³/mol. The van der Waals surface area contributed by atoms with Crippen molar-refractivity contribution in [2.45, 2.75) is 19.9 Å². The van der Waals surface area contributed by atoms with Crippen LogP contribution < -0.4 is 10.1 Å². The van der Waals surface area contributed by atoms with Crippen LogP contribution in [0.15, 0.2) is 24.3 Å². The van der Waals surface area contributed by atoms with Crippen LogP contribution >= 0.6 is 0 Å². The maximum Gasteiger partial charge on any atom is 0.260 e. The Hall–Kier alpha value is -1.55. The minimum absolute atomic E-state index is 0.0607. The first-order valence-electron chi connectivity index (χ1n) is 6.36. The number of nitrogens with one attached hydrogen (secondary N) is 1. The van der Waals surface area contributed by atoms with Gasteiger partial charge in [-0.2, -0.15) is 0 Å². The summed E-state index contributed by atoms with van der Waals surface area (Å²) >= 11 is 0. The van der Waals surface area contributed by atoms with Gasteiger partial charge in [-0.3, -0.25) is 4.79 Å². The van der Waals surface area contributed by atoms with Crippen molar-refractivity contribution in [1.29, 1.82) is 0 Å². The molecule has 1 aliphatic heterocycles. The van der Waals surface area contributed by atoms with Gasteiger partial charge in [-0.25, -0.2) is 0 Å². The lowest BCUT2D eigenvalue weighted by atomic mass is 10.2. The Balaban J connectivity index is 1.88. The Morgan fingerprint density at radius 3 is 3.11 bits per heavy atom. The number of hydrogen-bond acceptors (Lipinski definition) is 3. The molecule has 0 saturated carbocycles. The van der Waals surface area contributed by atoms with Gasteiger partial charge in [0, 0.05) is 25.7 Å². The van der Waals surface area contributed by atoms with Gasteiger partial charge in [-0.1, -0.05) is 12.1 Å². The van der Waals surface area contributed by atoms with Crippen LogP contribution in [0.1, 0.15) is 12.5 Å². The summed E-state index contributed by atoms with van der Waals surface area (Å²) in [4.78, 5) is 13.9. The molecule has 0 aromatic heterocycles. The predicted octanol–water partition coefficient (Wildman–Crippen LogP) is 1.19. The molecule has 4 nitrogen and oxygen atoms in total. The topological polar surface area (TPSA) is 41.6 Å². The lowest BCUT2D eigenvalue weighted by Crippen LogP contribution is -2.53. The molecular weight excluding hydrogens is 228 g/mol. The summed E-state index contributed by atoms with van der Waals surface area (Å²) in [5.41, 5.74) is 1.13. The molecule has 98 valence electrons. The fraction of sp³-hybridized carbons (Fsp3) is 0.500. The van der Waals surface area contributed by atoms with Gasteiger partial charge in [0.15, 0.2) is 6.61 Å². The number of carbonyl (C=O) groups is 1. The standard InChI is InChI=1S/C14H20N2O2/c1-11-4-3-5-13(8-11)18-10-14(17)16-7-6-15-9-12(16)2/h3-5,8,12,15H,6-7,9-10H2,1-2H3/t12-/m1/s1. The molecule has 4 heteroatoms. The van der Waals surface area contributed by atoms with Crippen molar-refractivity contribution in [3.05, 3.63) is 29.8 Å². The van der Waals surface area contributed by atoms with E-state index < -0.39 is 0 Å². The fourth-order valence-electron chi connectivity index (χ4n) is 2.14. The van der Waals surface area contributed by atoms with Crippen LogP contribution in [0, 0.1) is 6.92 Å². The molecule has 0 radical (unpaired) electrons. The van der Waals surface area contributed by atoms with Crippen molar-refractivity contribution in [2.24, 2.45) is 0 Å². The van der Waals surface area contributed by atoms with Gasteiger partial charge in [-0.05, 0) is 31.5 Å². The molecular formula is C14H20N2O2. The summed E-state index contributed by atoms with van der Waals surface area (Å²) in [5, 5.41) is 3.27. The van der Waals surface area contributed by atoms with Crippen molar-refractivity contribution in [1.82, 2.24) is 10.2 Å². The van der Waals surface area contributed by atoms with Crippen LogP contribution in [-0.4, -0.2) is 43.1 Å². The molecule has 2 rings (SSSR count). The number of piperazine rings is 1. The average Bonchev–Trinajstić information content (AvgIpc) is 2.37. The SMILES string of the molecule is Cc1cccc(OCC(=O)N2CCNC[C@H]2C)c1.